The smallest absolute Gasteiger partial charge is 0.326 e. The van der Waals surface area contributed by atoms with Gasteiger partial charge in [0, 0.05) is 24.9 Å². The Bertz CT molecular complexity index is 630. The minimum absolute atomic E-state index is 0.00718. The van der Waals surface area contributed by atoms with E-state index in [1.54, 1.807) is 6.92 Å². The Labute approximate surface area is 121 Å². The standard InChI is InChI=1S/C15H17NO5/c1-8-12-10(17)5-2-6-11(12)21-13(8)14(18)16-7-3-4-9(16)15(19)20/h9H,2-7H2,1H3,(H,19,20)/t9-/m0/s1. The van der Waals surface area contributed by atoms with Crippen LogP contribution in [0.1, 0.15) is 57.9 Å². The van der Waals surface area contributed by atoms with Gasteiger partial charge in [0.05, 0.1) is 5.56 Å². The average Bonchev–Trinajstić information content (AvgIpc) is 3.04. The molecular formula is C15H17NO5. The van der Waals surface area contributed by atoms with Gasteiger partial charge in [0.2, 0.25) is 0 Å². The summed E-state index contributed by atoms with van der Waals surface area (Å²) in [5.41, 5.74) is 1.08. The summed E-state index contributed by atoms with van der Waals surface area (Å²) < 4.78 is 5.60. The molecule has 1 N–H and O–H groups in total. The fraction of sp³-hybridized carbons (Fsp3) is 0.533. The van der Waals surface area contributed by atoms with Crippen LogP contribution in [0.25, 0.3) is 0 Å². The number of Topliss-reactive ketones (excluding diaryl/α,β-unsaturated/α-hetero) is 1. The lowest BCUT2D eigenvalue weighted by atomic mass is 9.94. The van der Waals surface area contributed by atoms with E-state index in [4.69, 9.17) is 4.42 Å². The van der Waals surface area contributed by atoms with E-state index in [-0.39, 0.29) is 11.5 Å². The van der Waals surface area contributed by atoms with Gasteiger partial charge < -0.3 is 14.4 Å². The fourth-order valence-corrected chi connectivity index (χ4v) is 3.25. The zero-order valence-electron chi connectivity index (χ0n) is 11.8. The first-order valence-electron chi connectivity index (χ1n) is 7.20. The van der Waals surface area contributed by atoms with Crippen molar-refractivity contribution in [1.82, 2.24) is 4.90 Å². The molecule has 1 atom stereocenters. The van der Waals surface area contributed by atoms with E-state index >= 15 is 0 Å². The van der Waals surface area contributed by atoms with E-state index in [0.29, 0.717) is 49.1 Å². The van der Waals surface area contributed by atoms with Crippen molar-refractivity contribution < 1.29 is 23.9 Å². The molecule has 6 nitrogen and oxygen atoms in total. The van der Waals surface area contributed by atoms with E-state index in [9.17, 15) is 19.5 Å². The van der Waals surface area contributed by atoms with Crippen LogP contribution in [0.5, 0.6) is 0 Å². The number of hydrogen-bond acceptors (Lipinski definition) is 4. The van der Waals surface area contributed by atoms with E-state index in [1.165, 1.54) is 4.90 Å². The zero-order chi connectivity index (χ0) is 15.1. The molecule has 0 spiro atoms. The summed E-state index contributed by atoms with van der Waals surface area (Å²) in [4.78, 5) is 37.1. The van der Waals surface area contributed by atoms with Crippen LogP contribution in [-0.4, -0.2) is 40.3 Å². The van der Waals surface area contributed by atoms with Gasteiger partial charge in [-0.3, -0.25) is 9.59 Å². The highest BCUT2D eigenvalue weighted by Crippen LogP contribution is 2.31. The molecule has 1 aromatic heterocycles. The van der Waals surface area contributed by atoms with Gasteiger partial charge in [0.25, 0.3) is 5.91 Å². The van der Waals surface area contributed by atoms with Crippen LogP contribution in [0.15, 0.2) is 4.42 Å². The summed E-state index contributed by atoms with van der Waals surface area (Å²) in [5.74, 6) is -0.708. The van der Waals surface area contributed by atoms with Crippen molar-refractivity contribution in [2.75, 3.05) is 6.54 Å². The summed E-state index contributed by atoms with van der Waals surface area (Å²) in [6.07, 6.45) is 2.98. The number of hydrogen-bond donors (Lipinski definition) is 1. The number of nitrogens with zero attached hydrogens (tertiary/aromatic N) is 1. The Kier molecular flexibility index (Phi) is 3.31. The van der Waals surface area contributed by atoms with Crippen LogP contribution in [0.2, 0.25) is 0 Å². The molecule has 1 saturated heterocycles. The topological polar surface area (TPSA) is 87.8 Å². The van der Waals surface area contributed by atoms with Crippen molar-refractivity contribution in [3.8, 4) is 0 Å². The maximum absolute atomic E-state index is 12.6. The lowest BCUT2D eigenvalue weighted by molar-refractivity contribution is -0.141. The lowest BCUT2D eigenvalue weighted by Crippen LogP contribution is -2.40. The summed E-state index contributed by atoms with van der Waals surface area (Å²) in [6, 6.07) is -0.797. The number of furan rings is 1. The minimum atomic E-state index is -0.995. The first-order valence-corrected chi connectivity index (χ1v) is 7.20. The van der Waals surface area contributed by atoms with Crippen molar-refractivity contribution in [1.29, 1.82) is 0 Å². The number of carboxylic acid groups (broad SMARTS) is 1. The Morgan fingerprint density at radius 1 is 1.29 bits per heavy atom. The van der Waals surface area contributed by atoms with Gasteiger partial charge in [-0.25, -0.2) is 4.79 Å². The maximum Gasteiger partial charge on any atom is 0.326 e. The number of aryl methyl sites for hydroxylation is 1. The molecule has 1 aliphatic heterocycles. The maximum atomic E-state index is 12.6. The summed E-state index contributed by atoms with van der Waals surface area (Å²) in [7, 11) is 0. The molecule has 1 amide bonds. The number of fused-ring (bicyclic) bond motifs is 1. The van der Waals surface area contributed by atoms with Crippen LogP contribution in [0.3, 0.4) is 0 Å². The number of likely N-dealkylation sites (tertiary alicyclic amines) is 1. The van der Waals surface area contributed by atoms with Crippen LogP contribution in [-0.2, 0) is 11.2 Å². The fourth-order valence-electron chi connectivity index (χ4n) is 3.25. The van der Waals surface area contributed by atoms with Crippen LogP contribution in [0.4, 0.5) is 0 Å². The summed E-state index contributed by atoms with van der Waals surface area (Å²) >= 11 is 0. The van der Waals surface area contributed by atoms with E-state index in [0.717, 1.165) is 6.42 Å². The average molecular weight is 291 g/mol. The van der Waals surface area contributed by atoms with E-state index < -0.39 is 17.9 Å². The first-order chi connectivity index (χ1) is 10.0. The normalized spacial score (nSPS) is 21.5. The third-order valence-electron chi connectivity index (χ3n) is 4.30. The van der Waals surface area contributed by atoms with Crippen LogP contribution >= 0.6 is 0 Å². The Hall–Kier alpha value is -2.11. The zero-order valence-corrected chi connectivity index (χ0v) is 11.8. The number of ketones is 1. The number of carbonyl (C=O) groups excluding carboxylic acids is 2. The molecule has 21 heavy (non-hydrogen) atoms. The Morgan fingerprint density at radius 3 is 2.71 bits per heavy atom. The Balaban J connectivity index is 1.96. The lowest BCUT2D eigenvalue weighted by Gasteiger charge is -2.20. The predicted molar refractivity (Wildman–Crippen MR) is 72.4 cm³/mol. The van der Waals surface area contributed by atoms with Gasteiger partial charge >= 0.3 is 5.97 Å². The van der Waals surface area contributed by atoms with Gasteiger partial charge in [0.15, 0.2) is 11.5 Å². The molecule has 2 aliphatic rings. The number of aliphatic carboxylic acids is 1. The van der Waals surface area contributed by atoms with Crippen LogP contribution in [0, 0.1) is 6.92 Å². The van der Waals surface area contributed by atoms with Gasteiger partial charge in [0.1, 0.15) is 11.8 Å². The third-order valence-corrected chi connectivity index (χ3v) is 4.30. The molecule has 6 heteroatoms. The number of carbonyl (C=O) groups is 3. The molecular weight excluding hydrogens is 274 g/mol. The second-order valence-electron chi connectivity index (χ2n) is 5.63. The molecule has 0 bridgehead atoms. The summed E-state index contributed by atoms with van der Waals surface area (Å²) in [5, 5.41) is 9.17. The second-order valence-corrected chi connectivity index (χ2v) is 5.63. The Morgan fingerprint density at radius 2 is 2.05 bits per heavy atom. The molecule has 112 valence electrons. The highest BCUT2D eigenvalue weighted by Gasteiger charge is 2.38. The van der Waals surface area contributed by atoms with Crippen molar-refractivity contribution in [2.45, 2.75) is 45.1 Å². The summed E-state index contributed by atoms with van der Waals surface area (Å²) in [6.45, 7) is 2.11. The highest BCUT2D eigenvalue weighted by atomic mass is 16.4. The second kappa shape index (κ2) is 5.02. The number of amides is 1. The predicted octanol–water partition coefficient (Wildman–Crippen LogP) is 1.80. The SMILES string of the molecule is Cc1c(C(=O)N2CCC[C@H]2C(=O)O)oc2c1C(=O)CCC2. The molecule has 1 fully saturated rings. The molecule has 1 aliphatic carbocycles. The first kappa shape index (κ1) is 13.9. The van der Waals surface area contributed by atoms with Crippen molar-refractivity contribution >= 4 is 17.7 Å². The van der Waals surface area contributed by atoms with Crippen molar-refractivity contribution in [2.24, 2.45) is 0 Å². The van der Waals surface area contributed by atoms with Crippen molar-refractivity contribution in [3.05, 3.63) is 22.6 Å². The van der Waals surface area contributed by atoms with Crippen molar-refractivity contribution in [3.63, 3.8) is 0 Å². The molecule has 0 saturated carbocycles. The molecule has 0 radical (unpaired) electrons. The van der Waals surface area contributed by atoms with Gasteiger partial charge in [-0.15, -0.1) is 0 Å². The van der Waals surface area contributed by atoms with Gasteiger partial charge in [-0.2, -0.15) is 0 Å². The molecule has 1 aromatic rings. The quantitative estimate of drug-likeness (QED) is 0.897. The molecule has 0 unspecified atom stereocenters. The monoisotopic (exact) mass is 291 g/mol. The van der Waals surface area contributed by atoms with E-state index in [1.807, 2.05) is 0 Å². The van der Waals surface area contributed by atoms with Gasteiger partial charge in [-0.1, -0.05) is 0 Å². The highest BCUT2D eigenvalue weighted by molar-refractivity contribution is 6.04. The van der Waals surface area contributed by atoms with Crippen LogP contribution < -0.4 is 0 Å². The number of rotatable bonds is 2. The molecule has 0 aromatic carbocycles. The largest absolute Gasteiger partial charge is 0.480 e. The number of carboxylic acids is 1. The van der Waals surface area contributed by atoms with Gasteiger partial charge in [-0.05, 0) is 26.2 Å². The molecule has 3 rings (SSSR count). The van der Waals surface area contributed by atoms with E-state index in [2.05, 4.69) is 0 Å². The minimum Gasteiger partial charge on any atom is -0.480 e. The third kappa shape index (κ3) is 2.14. The molecule has 2 heterocycles.